The second-order valence-corrected chi connectivity index (χ2v) is 10.5. The van der Waals surface area contributed by atoms with Gasteiger partial charge in [0.2, 0.25) is 0 Å². The zero-order valence-electron chi connectivity index (χ0n) is 20.1. The third-order valence-corrected chi connectivity index (χ3v) is 8.09. The number of aliphatic imine (C=N–C) groups is 1. The summed E-state index contributed by atoms with van der Waals surface area (Å²) in [7, 11) is 0. The second kappa shape index (κ2) is 13.3. The molecule has 0 aromatic heterocycles. The van der Waals surface area contributed by atoms with Gasteiger partial charge in [0.15, 0.2) is 5.84 Å². The summed E-state index contributed by atoms with van der Waals surface area (Å²) in [6.45, 7) is 0.261. The molecule has 2 atom stereocenters. The number of thioether (sulfide) groups is 2. The first-order chi connectivity index (χ1) is 18.6. The van der Waals surface area contributed by atoms with Gasteiger partial charge in [-0.25, -0.2) is 4.99 Å². The molecule has 0 saturated heterocycles. The average molecular weight is 569 g/mol. The molecule has 4 rings (SSSR count). The van der Waals surface area contributed by atoms with E-state index >= 15 is 0 Å². The molecule has 2 aromatic rings. The van der Waals surface area contributed by atoms with E-state index in [-0.39, 0.29) is 24.4 Å². The van der Waals surface area contributed by atoms with Crippen molar-refractivity contribution in [1.82, 2.24) is 5.32 Å². The van der Waals surface area contributed by atoms with Crippen molar-refractivity contribution < 1.29 is 4.74 Å². The summed E-state index contributed by atoms with van der Waals surface area (Å²) in [4.78, 5) is 15.0. The first-order valence-electron chi connectivity index (χ1n) is 11.4. The van der Waals surface area contributed by atoms with Crippen molar-refractivity contribution in [2.24, 2.45) is 32.1 Å². The first kappa shape index (κ1) is 27.4. The Hall–Kier alpha value is -3.61. The Labute approximate surface area is 233 Å². The lowest BCUT2D eigenvalue weighted by molar-refractivity contribution is 0.328. The second-order valence-electron chi connectivity index (χ2n) is 7.97. The van der Waals surface area contributed by atoms with E-state index in [4.69, 9.17) is 38.3 Å². The molecule has 10 nitrogen and oxygen atoms in total. The van der Waals surface area contributed by atoms with Gasteiger partial charge < -0.3 is 27.0 Å². The minimum atomic E-state index is -0.441. The number of hydrogen-bond acceptors (Lipinski definition) is 11. The van der Waals surface area contributed by atoms with E-state index in [0.29, 0.717) is 33.2 Å². The molecule has 0 bridgehead atoms. The number of hydrogen-bond donors (Lipinski definition) is 4. The van der Waals surface area contributed by atoms with Crippen LogP contribution in [0.5, 0.6) is 5.75 Å². The highest BCUT2D eigenvalue weighted by molar-refractivity contribution is 8.03. The van der Waals surface area contributed by atoms with Crippen molar-refractivity contribution >= 4 is 52.7 Å². The van der Waals surface area contributed by atoms with Crippen LogP contribution in [-0.4, -0.2) is 36.3 Å². The molecule has 13 heteroatoms. The van der Waals surface area contributed by atoms with Gasteiger partial charge in [0.1, 0.15) is 29.6 Å². The standard InChI is InChI=1S/C25H25ClN8O2S2/c26-17-5-1-16(2-6-17)24-31-18(13-37-24)14-38-25-21(12-28)22(20(11-27)23(32-25)33-34-29)15-3-7-19(8-4-15)36-10-9-30-35/h1-8,11-13,24-25,28,31H,9-10,14,27H2,(H2,29,32,33). The van der Waals surface area contributed by atoms with Gasteiger partial charge in [0.25, 0.3) is 0 Å². The van der Waals surface area contributed by atoms with Gasteiger partial charge >= 0.3 is 0 Å². The van der Waals surface area contributed by atoms with Crippen molar-refractivity contribution in [2.75, 3.05) is 18.9 Å². The molecule has 196 valence electrons. The lowest BCUT2D eigenvalue weighted by Gasteiger charge is -2.25. The van der Waals surface area contributed by atoms with Gasteiger partial charge in [0, 0.05) is 45.6 Å². The van der Waals surface area contributed by atoms with Gasteiger partial charge in [-0.2, -0.15) is 4.91 Å². The Balaban J connectivity index is 1.56. The molecule has 0 saturated carbocycles. The van der Waals surface area contributed by atoms with Gasteiger partial charge in [0.05, 0.1) is 0 Å². The molecular formula is C25H25ClN8O2S2. The molecule has 0 aliphatic carbocycles. The maximum Gasteiger partial charge on any atom is 0.182 e. The summed E-state index contributed by atoms with van der Waals surface area (Å²) in [5.74, 6) is 6.88. The first-order valence-corrected chi connectivity index (χ1v) is 13.8. The lowest BCUT2D eigenvalue weighted by atomic mass is 9.90. The number of nitrogens with zero attached hydrogens (tertiary/aromatic N) is 4. The minimum absolute atomic E-state index is 0.0674. The van der Waals surface area contributed by atoms with Gasteiger partial charge in [-0.05, 0) is 40.8 Å². The summed E-state index contributed by atoms with van der Waals surface area (Å²) < 4.78 is 5.52. The summed E-state index contributed by atoms with van der Waals surface area (Å²) in [5.41, 5.74) is 10.9. The van der Waals surface area contributed by atoms with E-state index in [1.807, 2.05) is 36.4 Å². The number of amidine groups is 1. The van der Waals surface area contributed by atoms with Crippen LogP contribution in [0.1, 0.15) is 16.5 Å². The molecule has 2 aromatic carbocycles. The molecule has 0 amide bonds. The summed E-state index contributed by atoms with van der Waals surface area (Å²) in [6, 6.07) is 15.0. The van der Waals surface area contributed by atoms with Gasteiger partial charge in [-0.1, -0.05) is 46.3 Å². The van der Waals surface area contributed by atoms with Crippen molar-refractivity contribution in [2.45, 2.75) is 10.7 Å². The van der Waals surface area contributed by atoms with Crippen LogP contribution in [0.3, 0.4) is 0 Å². The topological polar surface area (TPSA) is 164 Å². The SMILES string of the molecule is N=CC1=C(c2ccc(OCCN=O)cc2)C(=CN)C(N=NN)=NC1SCC1=CSC(c2ccc(Cl)cc2)N1. The quantitative estimate of drug-likeness (QED) is 0.0743. The summed E-state index contributed by atoms with van der Waals surface area (Å²) in [6.07, 6.45) is 2.68. The third-order valence-electron chi connectivity index (χ3n) is 5.61. The summed E-state index contributed by atoms with van der Waals surface area (Å²) >= 11 is 9.26. The zero-order chi connectivity index (χ0) is 26.9. The highest BCUT2D eigenvalue weighted by Crippen LogP contribution is 2.40. The van der Waals surface area contributed by atoms with Crippen LogP contribution >= 0.6 is 35.1 Å². The number of dihydropyridines is 1. The van der Waals surface area contributed by atoms with Crippen molar-refractivity contribution in [3.8, 4) is 5.75 Å². The number of rotatable bonds is 10. The Morgan fingerprint density at radius 2 is 1.97 bits per heavy atom. The molecule has 2 unspecified atom stereocenters. The lowest BCUT2D eigenvalue weighted by Crippen LogP contribution is -2.22. The van der Waals surface area contributed by atoms with Gasteiger partial charge in [-0.3, -0.25) is 0 Å². The minimum Gasteiger partial charge on any atom is -0.492 e. The number of nitrogens with one attached hydrogen (secondary N) is 2. The largest absolute Gasteiger partial charge is 0.492 e. The maximum absolute atomic E-state index is 10.3. The van der Waals surface area contributed by atoms with E-state index in [0.717, 1.165) is 16.8 Å². The monoisotopic (exact) mass is 568 g/mol. The van der Waals surface area contributed by atoms with E-state index < -0.39 is 5.37 Å². The van der Waals surface area contributed by atoms with Crippen molar-refractivity contribution in [1.29, 1.82) is 5.41 Å². The smallest absolute Gasteiger partial charge is 0.182 e. The Bertz CT molecular complexity index is 1320. The Kier molecular flexibility index (Phi) is 9.57. The van der Waals surface area contributed by atoms with E-state index in [2.05, 4.69) is 26.2 Å². The van der Waals surface area contributed by atoms with Crippen LogP contribution in [0.25, 0.3) is 5.57 Å². The molecule has 2 aliphatic rings. The number of nitroso groups, excluding NO2 is 1. The van der Waals surface area contributed by atoms with E-state index in [9.17, 15) is 4.91 Å². The molecule has 0 spiro atoms. The molecular weight excluding hydrogens is 544 g/mol. The number of halogens is 1. The van der Waals surface area contributed by atoms with Crippen LogP contribution in [0.4, 0.5) is 0 Å². The predicted molar refractivity (Wildman–Crippen MR) is 156 cm³/mol. The summed E-state index contributed by atoms with van der Waals surface area (Å²) in [5, 5.41) is 24.4. The van der Waals surface area contributed by atoms with Crippen molar-refractivity contribution in [3.63, 3.8) is 0 Å². The predicted octanol–water partition coefficient (Wildman–Crippen LogP) is 5.40. The van der Waals surface area contributed by atoms with Crippen LogP contribution in [0, 0.1) is 10.3 Å². The molecule has 2 heterocycles. The number of benzene rings is 2. The van der Waals surface area contributed by atoms with Gasteiger partial charge in [-0.15, -0.1) is 28.6 Å². The highest BCUT2D eigenvalue weighted by atomic mass is 35.5. The van der Waals surface area contributed by atoms with Crippen molar-refractivity contribution in [3.05, 3.63) is 98.0 Å². The Morgan fingerprint density at radius 3 is 2.63 bits per heavy atom. The van der Waals surface area contributed by atoms with E-state index in [1.165, 1.54) is 12.4 Å². The van der Waals surface area contributed by atoms with E-state index in [1.54, 1.807) is 35.7 Å². The van der Waals surface area contributed by atoms with Crippen LogP contribution < -0.4 is 21.6 Å². The van der Waals surface area contributed by atoms with Crippen LogP contribution in [0.2, 0.25) is 5.02 Å². The fraction of sp³-hybridized carbons (Fsp3) is 0.200. The molecule has 2 aliphatic heterocycles. The normalized spacial score (nSPS) is 20.3. The molecule has 38 heavy (non-hydrogen) atoms. The fourth-order valence-corrected chi connectivity index (χ4v) is 6.14. The molecule has 6 N–H and O–H groups in total. The Morgan fingerprint density at radius 1 is 1.21 bits per heavy atom. The number of nitrogens with two attached hydrogens (primary N) is 2. The fourth-order valence-electron chi connectivity index (χ4n) is 3.87. The number of ether oxygens (including phenoxy) is 1. The average Bonchev–Trinajstić information content (AvgIpc) is 3.41. The zero-order valence-corrected chi connectivity index (χ0v) is 22.5. The van der Waals surface area contributed by atoms with Crippen LogP contribution in [0.15, 0.2) is 97.5 Å². The maximum atomic E-state index is 10.3. The third kappa shape index (κ3) is 6.44. The van der Waals surface area contributed by atoms with Crippen LogP contribution in [-0.2, 0) is 0 Å². The molecule has 0 fully saturated rings. The highest BCUT2D eigenvalue weighted by Gasteiger charge is 2.30. The molecule has 0 radical (unpaired) electrons.